The van der Waals surface area contributed by atoms with E-state index < -0.39 is 0 Å². The molecule has 0 fully saturated rings. The number of aromatic nitrogens is 2. The molecule has 2 rings (SSSR count). The van der Waals surface area contributed by atoms with Gasteiger partial charge < -0.3 is 14.8 Å². The molecule has 0 aliphatic rings. The molecule has 5 nitrogen and oxygen atoms in total. The molecule has 1 N–H and O–H groups in total. The van der Waals surface area contributed by atoms with Crippen molar-refractivity contribution in [3.63, 3.8) is 0 Å². The molecule has 1 aromatic heterocycles. The van der Waals surface area contributed by atoms with Gasteiger partial charge in [0.05, 0.1) is 0 Å². The Morgan fingerprint density at radius 3 is 2.43 bits per heavy atom. The number of benzene rings is 1. The van der Waals surface area contributed by atoms with Gasteiger partial charge in [-0.05, 0) is 23.6 Å². The number of hydrogen-bond donors (Lipinski definition) is 1. The Balaban J connectivity index is 2.19. The van der Waals surface area contributed by atoms with Gasteiger partial charge in [-0.1, -0.05) is 26.0 Å². The summed E-state index contributed by atoms with van der Waals surface area (Å²) in [5, 5.41) is 2.99. The maximum Gasteiger partial charge on any atom is 0.224 e. The minimum atomic E-state index is 0.345. The van der Waals surface area contributed by atoms with E-state index in [1.807, 2.05) is 12.1 Å². The van der Waals surface area contributed by atoms with Gasteiger partial charge in [0.2, 0.25) is 5.88 Å². The second-order valence-electron chi connectivity index (χ2n) is 5.02. The molecule has 1 aromatic carbocycles. The fourth-order valence-electron chi connectivity index (χ4n) is 1.89. The number of nitrogens with one attached hydrogen (secondary N) is 1. The van der Waals surface area contributed by atoms with Crippen LogP contribution in [-0.4, -0.2) is 24.1 Å². The van der Waals surface area contributed by atoms with Crippen LogP contribution in [-0.2, 0) is 11.3 Å². The van der Waals surface area contributed by atoms with Crippen molar-refractivity contribution in [2.45, 2.75) is 26.4 Å². The first kappa shape index (κ1) is 15.3. The van der Waals surface area contributed by atoms with Crippen molar-refractivity contribution in [1.29, 1.82) is 0 Å². The standard InChI is InChI=1S/C16H21N3O2/c1-11(2)12-5-7-13(8-6-12)21-16-9-14(17-3)18-15(19-16)10-20-4/h5-9,11H,10H2,1-4H3,(H,17,18,19). The topological polar surface area (TPSA) is 56.3 Å². The largest absolute Gasteiger partial charge is 0.439 e. The second kappa shape index (κ2) is 7.04. The van der Waals surface area contributed by atoms with Gasteiger partial charge in [0.1, 0.15) is 18.2 Å². The quantitative estimate of drug-likeness (QED) is 0.880. The van der Waals surface area contributed by atoms with Crippen LogP contribution in [0.4, 0.5) is 5.82 Å². The molecular formula is C16H21N3O2. The predicted octanol–water partition coefficient (Wildman–Crippen LogP) is 3.58. The van der Waals surface area contributed by atoms with Gasteiger partial charge in [-0.15, -0.1) is 0 Å². The van der Waals surface area contributed by atoms with Crippen molar-refractivity contribution >= 4 is 5.82 Å². The van der Waals surface area contributed by atoms with E-state index in [-0.39, 0.29) is 0 Å². The van der Waals surface area contributed by atoms with E-state index in [0.29, 0.717) is 30.0 Å². The average Bonchev–Trinajstić information content (AvgIpc) is 2.48. The molecule has 0 unspecified atom stereocenters. The minimum absolute atomic E-state index is 0.345. The molecule has 21 heavy (non-hydrogen) atoms. The second-order valence-corrected chi connectivity index (χ2v) is 5.02. The molecule has 0 spiro atoms. The minimum Gasteiger partial charge on any atom is -0.439 e. The normalized spacial score (nSPS) is 10.7. The third-order valence-electron chi connectivity index (χ3n) is 3.05. The number of rotatable bonds is 6. The van der Waals surface area contributed by atoms with Crippen LogP contribution >= 0.6 is 0 Å². The Bertz CT molecular complexity index is 583. The van der Waals surface area contributed by atoms with Crippen molar-refractivity contribution in [2.75, 3.05) is 19.5 Å². The van der Waals surface area contributed by atoms with Gasteiger partial charge in [-0.2, -0.15) is 4.98 Å². The first-order valence-electron chi connectivity index (χ1n) is 6.95. The Hall–Kier alpha value is -2.14. The van der Waals surface area contributed by atoms with E-state index in [2.05, 4.69) is 41.3 Å². The first-order chi connectivity index (χ1) is 10.1. The van der Waals surface area contributed by atoms with Crippen molar-refractivity contribution in [1.82, 2.24) is 9.97 Å². The van der Waals surface area contributed by atoms with E-state index in [0.717, 1.165) is 5.75 Å². The van der Waals surface area contributed by atoms with Crippen LogP contribution in [0.1, 0.15) is 31.2 Å². The highest BCUT2D eigenvalue weighted by Crippen LogP contribution is 2.24. The Labute approximate surface area is 125 Å². The molecule has 0 aliphatic carbocycles. The highest BCUT2D eigenvalue weighted by atomic mass is 16.5. The van der Waals surface area contributed by atoms with Crippen LogP contribution in [0.2, 0.25) is 0 Å². The van der Waals surface area contributed by atoms with Crippen LogP contribution in [0.5, 0.6) is 11.6 Å². The van der Waals surface area contributed by atoms with E-state index in [1.54, 1.807) is 20.2 Å². The zero-order valence-electron chi connectivity index (χ0n) is 12.9. The van der Waals surface area contributed by atoms with Crippen molar-refractivity contribution in [3.05, 3.63) is 41.7 Å². The smallest absolute Gasteiger partial charge is 0.224 e. The summed E-state index contributed by atoms with van der Waals surface area (Å²) >= 11 is 0. The highest BCUT2D eigenvalue weighted by Gasteiger charge is 2.06. The van der Waals surface area contributed by atoms with Crippen LogP contribution < -0.4 is 10.1 Å². The summed E-state index contributed by atoms with van der Waals surface area (Å²) < 4.78 is 10.9. The van der Waals surface area contributed by atoms with Gasteiger partial charge in [0.25, 0.3) is 0 Å². The summed E-state index contributed by atoms with van der Waals surface area (Å²) in [7, 11) is 3.42. The molecule has 0 saturated carbocycles. The van der Waals surface area contributed by atoms with E-state index >= 15 is 0 Å². The van der Waals surface area contributed by atoms with Crippen LogP contribution in [0.3, 0.4) is 0 Å². The zero-order chi connectivity index (χ0) is 15.2. The summed E-state index contributed by atoms with van der Waals surface area (Å²) in [5.74, 6) is 3.04. The molecule has 2 aromatic rings. The molecule has 0 saturated heterocycles. The number of anilines is 1. The molecule has 5 heteroatoms. The average molecular weight is 287 g/mol. The number of hydrogen-bond acceptors (Lipinski definition) is 5. The highest BCUT2D eigenvalue weighted by molar-refractivity contribution is 5.40. The Kier molecular flexibility index (Phi) is 5.11. The maximum atomic E-state index is 5.80. The van der Waals surface area contributed by atoms with Crippen molar-refractivity contribution in [2.24, 2.45) is 0 Å². The summed E-state index contributed by atoms with van der Waals surface area (Å²) in [5.41, 5.74) is 1.28. The Morgan fingerprint density at radius 1 is 1.14 bits per heavy atom. The van der Waals surface area contributed by atoms with Gasteiger partial charge in [-0.25, -0.2) is 4.98 Å². The van der Waals surface area contributed by atoms with Gasteiger partial charge in [-0.3, -0.25) is 0 Å². The molecular weight excluding hydrogens is 266 g/mol. The summed E-state index contributed by atoms with van der Waals surface area (Å²) in [6.07, 6.45) is 0. The predicted molar refractivity (Wildman–Crippen MR) is 82.9 cm³/mol. The number of ether oxygens (including phenoxy) is 2. The molecule has 1 heterocycles. The number of nitrogens with zero attached hydrogens (tertiary/aromatic N) is 2. The van der Waals surface area contributed by atoms with Gasteiger partial charge in [0.15, 0.2) is 5.82 Å². The molecule has 0 bridgehead atoms. The third kappa shape index (κ3) is 4.16. The monoisotopic (exact) mass is 287 g/mol. The fourth-order valence-corrected chi connectivity index (χ4v) is 1.89. The van der Waals surface area contributed by atoms with Crippen LogP contribution in [0.15, 0.2) is 30.3 Å². The van der Waals surface area contributed by atoms with Crippen molar-refractivity contribution < 1.29 is 9.47 Å². The van der Waals surface area contributed by atoms with Crippen molar-refractivity contribution in [3.8, 4) is 11.6 Å². The third-order valence-corrected chi connectivity index (χ3v) is 3.05. The maximum absolute atomic E-state index is 5.80. The van der Waals surface area contributed by atoms with Crippen LogP contribution in [0.25, 0.3) is 0 Å². The van der Waals surface area contributed by atoms with E-state index in [1.165, 1.54) is 5.56 Å². The lowest BCUT2D eigenvalue weighted by Crippen LogP contribution is -2.03. The lowest BCUT2D eigenvalue weighted by Gasteiger charge is -2.10. The van der Waals surface area contributed by atoms with E-state index in [9.17, 15) is 0 Å². The summed E-state index contributed by atoms with van der Waals surface area (Å²) in [6.45, 7) is 4.67. The SMILES string of the molecule is CNc1cc(Oc2ccc(C(C)C)cc2)nc(COC)n1. The zero-order valence-corrected chi connectivity index (χ0v) is 12.9. The Morgan fingerprint density at radius 2 is 1.86 bits per heavy atom. The molecule has 0 radical (unpaired) electrons. The molecule has 0 atom stereocenters. The lowest BCUT2D eigenvalue weighted by atomic mass is 10.0. The van der Waals surface area contributed by atoms with Crippen LogP contribution in [0, 0.1) is 0 Å². The fraction of sp³-hybridized carbons (Fsp3) is 0.375. The first-order valence-corrected chi connectivity index (χ1v) is 6.95. The molecule has 0 amide bonds. The molecule has 0 aliphatic heterocycles. The van der Waals surface area contributed by atoms with E-state index in [4.69, 9.17) is 9.47 Å². The summed E-state index contributed by atoms with van der Waals surface area (Å²) in [4.78, 5) is 8.62. The summed E-state index contributed by atoms with van der Waals surface area (Å²) in [6, 6.07) is 9.79. The number of methoxy groups -OCH3 is 1. The lowest BCUT2D eigenvalue weighted by molar-refractivity contribution is 0.177. The van der Waals surface area contributed by atoms with Gasteiger partial charge in [0, 0.05) is 20.2 Å². The molecule has 112 valence electrons. The van der Waals surface area contributed by atoms with Gasteiger partial charge >= 0.3 is 0 Å².